The quantitative estimate of drug-likeness (QED) is 0.356. The average molecular weight is 500 g/mol. The Balaban J connectivity index is 0.00000280. The molecule has 0 aromatic heterocycles. The van der Waals surface area contributed by atoms with Crippen molar-refractivity contribution in [2.75, 3.05) is 39.8 Å². The monoisotopic (exact) mass is 500 g/mol. The van der Waals surface area contributed by atoms with Gasteiger partial charge >= 0.3 is 0 Å². The first-order valence-corrected chi connectivity index (χ1v) is 10.7. The number of likely N-dealkylation sites (tertiary alicyclic amines) is 1. The van der Waals surface area contributed by atoms with Crippen LogP contribution in [0.3, 0.4) is 0 Å². The molecule has 2 aliphatic rings. The number of aryl methyl sites for hydroxylation is 1. The van der Waals surface area contributed by atoms with Crippen LogP contribution in [0.4, 0.5) is 0 Å². The van der Waals surface area contributed by atoms with Crippen molar-refractivity contribution in [3.63, 3.8) is 0 Å². The summed E-state index contributed by atoms with van der Waals surface area (Å²) in [6, 6.07) is 3.96. The molecule has 1 aliphatic carbocycles. The van der Waals surface area contributed by atoms with Gasteiger partial charge in [0.15, 0.2) is 5.96 Å². The Morgan fingerprint density at radius 3 is 2.71 bits per heavy atom. The molecule has 1 aromatic carbocycles. The average Bonchev–Trinajstić information content (AvgIpc) is 3.16. The molecule has 0 radical (unpaired) electrons. The van der Waals surface area contributed by atoms with E-state index in [4.69, 9.17) is 0 Å². The first-order valence-electron chi connectivity index (χ1n) is 10.7. The molecule has 3 rings (SSSR count). The van der Waals surface area contributed by atoms with Crippen LogP contribution in [0.25, 0.3) is 0 Å². The van der Waals surface area contributed by atoms with Gasteiger partial charge in [-0.15, -0.1) is 24.0 Å². The summed E-state index contributed by atoms with van der Waals surface area (Å²) in [4.78, 5) is 9.41. The van der Waals surface area contributed by atoms with Gasteiger partial charge in [0.1, 0.15) is 5.75 Å². The highest BCUT2D eigenvalue weighted by Crippen LogP contribution is 2.30. The maximum absolute atomic E-state index is 10.4. The zero-order chi connectivity index (χ0) is 19.2. The van der Waals surface area contributed by atoms with Gasteiger partial charge in [0, 0.05) is 38.8 Å². The fourth-order valence-electron chi connectivity index (χ4n) is 4.61. The van der Waals surface area contributed by atoms with Gasteiger partial charge in [-0.1, -0.05) is 19.9 Å². The zero-order valence-corrected chi connectivity index (χ0v) is 20.0. The number of phenolic OH excluding ortho intramolecular Hbond substituents is 1. The number of aliphatic imine (C=N–C) groups is 1. The minimum Gasteiger partial charge on any atom is -0.508 e. The third-order valence-corrected chi connectivity index (χ3v) is 6.26. The van der Waals surface area contributed by atoms with Crippen molar-refractivity contribution in [1.82, 2.24) is 15.1 Å². The van der Waals surface area contributed by atoms with Crippen molar-refractivity contribution in [2.45, 2.75) is 52.5 Å². The maximum atomic E-state index is 10.4. The van der Waals surface area contributed by atoms with Crippen molar-refractivity contribution in [3.8, 4) is 5.75 Å². The lowest BCUT2D eigenvalue weighted by Gasteiger charge is -2.25. The molecule has 1 aromatic rings. The van der Waals surface area contributed by atoms with Crippen LogP contribution in [0.2, 0.25) is 0 Å². The molecular weight excluding hydrogens is 463 g/mol. The summed E-state index contributed by atoms with van der Waals surface area (Å²) in [7, 11) is 1.86. The first kappa shape index (κ1) is 23.3. The smallest absolute Gasteiger partial charge is 0.193 e. The Hall–Kier alpha value is -1.02. The van der Waals surface area contributed by atoms with Crippen LogP contribution in [0.15, 0.2) is 17.1 Å². The Labute approximate surface area is 187 Å². The van der Waals surface area contributed by atoms with E-state index in [-0.39, 0.29) is 24.0 Å². The Kier molecular flexibility index (Phi) is 9.34. The summed E-state index contributed by atoms with van der Waals surface area (Å²) in [5.41, 5.74) is 3.82. The summed E-state index contributed by atoms with van der Waals surface area (Å²) in [6.45, 7) is 10.7. The number of fused-ring (bicyclic) bond motifs is 1. The summed E-state index contributed by atoms with van der Waals surface area (Å²) in [6.07, 6.45) is 5.92. The fraction of sp³-hybridized carbons (Fsp3) is 0.682. The molecule has 1 saturated heterocycles. The van der Waals surface area contributed by atoms with E-state index in [0.717, 1.165) is 50.5 Å². The number of hydrogen-bond donors (Lipinski definition) is 2. The molecule has 1 fully saturated rings. The van der Waals surface area contributed by atoms with Gasteiger partial charge < -0.3 is 20.2 Å². The number of nitrogens with one attached hydrogen (secondary N) is 1. The number of halogens is 1. The standard InChI is InChI=1S/C22H36N4O.HI/c1-4-25(5-2)15-17-12-13-26(16-17)22(23-3)24-14-20-19-9-7-6-8-18(19)10-11-21(20)27;/h10-11,17,27H,4-9,12-16H2,1-3H3,(H,23,24);1H. The van der Waals surface area contributed by atoms with E-state index in [1.807, 2.05) is 13.1 Å². The Morgan fingerprint density at radius 2 is 2.00 bits per heavy atom. The molecule has 158 valence electrons. The predicted molar refractivity (Wildman–Crippen MR) is 128 cm³/mol. The van der Waals surface area contributed by atoms with E-state index in [0.29, 0.717) is 18.2 Å². The molecule has 1 unspecified atom stereocenters. The largest absolute Gasteiger partial charge is 0.508 e. The van der Waals surface area contributed by atoms with Crippen LogP contribution in [0.5, 0.6) is 5.75 Å². The van der Waals surface area contributed by atoms with Crippen LogP contribution >= 0.6 is 24.0 Å². The van der Waals surface area contributed by atoms with Crippen LogP contribution in [0.1, 0.15) is 49.8 Å². The van der Waals surface area contributed by atoms with E-state index in [9.17, 15) is 5.11 Å². The molecule has 28 heavy (non-hydrogen) atoms. The van der Waals surface area contributed by atoms with Crippen LogP contribution in [-0.4, -0.2) is 60.6 Å². The van der Waals surface area contributed by atoms with Crippen LogP contribution < -0.4 is 5.32 Å². The highest BCUT2D eigenvalue weighted by Gasteiger charge is 2.26. The third kappa shape index (κ3) is 5.53. The molecule has 0 amide bonds. The highest BCUT2D eigenvalue weighted by molar-refractivity contribution is 14.0. The van der Waals surface area contributed by atoms with Gasteiger partial charge in [-0.3, -0.25) is 4.99 Å². The molecule has 5 nitrogen and oxygen atoms in total. The molecule has 0 spiro atoms. The van der Waals surface area contributed by atoms with Crippen molar-refractivity contribution >= 4 is 29.9 Å². The van der Waals surface area contributed by atoms with E-state index in [2.05, 4.69) is 40.0 Å². The summed E-state index contributed by atoms with van der Waals surface area (Å²) in [5, 5.41) is 13.9. The van der Waals surface area contributed by atoms with Gasteiger partial charge in [0.05, 0.1) is 0 Å². The molecule has 0 saturated carbocycles. The SMILES string of the molecule is CCN(CC)CC1CCN(C(=NC)NCc2c(O)ccc3c2CCCC3)C1.I. The second-order valence-corrected chi connectivity index (χ2v) is 7.90. The lowest BCUT2D eigenvalue weighted by molar-refractivity contribution is 0.255. The molecule has 6 heteroatoms. The zero-order valence-electron chi connectivity index (χ0n) is 17.7. The van der Waals surface area contributed by atoms with E-state index in [1.165, 1.54) is 36.9 Å². The van der Waals surface area contributed by atoms with E-state index in [1.54, 1.807) is 0 Å². The number of aromatic hydroxyl groups is 1. The molecule has 0 bridgehead atoms. The van der Waals surface area contributed by atoms with Crippen molar-refractivity contribution in [1.29, 1.82) is 0 Å². The Bertz CT molecular complexity index is 660. The number of hydrogen-bond acceptors (Lipinski definition) is 3. The third-order valence-electron chi connectivity index (χ3n) is 6.26. The normalized spacial score (nSPS) is 19.5. The lowest BCUT2D eigenvalue weighted by atomic mass is 9.88. The van der Waals surface area contributed by atoms with Gasteiger partial charge in [0.25, 0.3) is 0 Å². The summed E-state index contributed by atoms with van der Waals surface area (Å²) >= 11 is 0. The van der Waals surface area contributed by atoms with Crippen LogP contribution in [0, 0.1) is 5.92 Å². The van der Waals surface area contributed by atoms with E-state index < -0.39 is 0 Å². The topological polar surface area (TPSA) is 51.1 Å². The van der Waals surface area contributed by atoms with Gasteiger partial charge in [-0.2, -0.15) is 0 Å². The lowest BCUT2D eigenvalue weighted by Crippen LogP contribution is -2.40. The molecule has 2 N–H and O–H groups in total. The number of benzene rings is 1. The van der Waals surface area contributed by atoms with E-state index >= 15 is 0 Å². The van der Waals surface area contributed by atoms with Crippen LogP contribution in [-0.2, 0) is 19.4 Å². The van der Waals surface area contributed by atoms with Gasteiger partial charge in [-0.05, 0) is 68.3 Å². The minimum atomic E-state index is 0. The molecular formula is C22H37IN4O. The first-order chi connectivity index (χ1) is 13.2. The van der Waals surface area contributed by atoms with Crippen molar-refractivity contribution < 1.29 is 5.11 Å². The summed E-state index contributed by atoms with van der Waals surface area (Å²) in [5.74, 6) is 2.09. The number of rotatable bonds is 6. The Morgan fingerprint density at radius 1 is 1.25 bits per heavy atom. The van der Waals surface area contributed by atoms with Gasteiger partial charge in [0.2, 0.25) is 0 Å². The predicted octanol–water partition coefficient (Wildman–Crippen LogP) is 3.63. The number of guanidine groups is 1. The molecule has 1 heterocycles. The van der Waals surface area contributed by atoms with Crippen molar-refractivity contribution in [2.24, 2.45) is 10.9 Å². The number of nitrogens with zero attached hydrogens (tertiary/aromatic N) is 3. The molecule has 1 atom stereocenters. The summed E-state index contributed by atoms with van der Waals surface area (Å²) < 4.78 is 0. The second-order valence-electron chi connectivity index (χ2n) is 7.90. The minimum absolute atomic E-state index is 0. The highest BCUT2D eigenvalue weighted by atomic mass is 127. The molecule has 1 aliphatic heterocycles. The fourth-order valence-corrected chi connectivity index (χ4v) is 4.61. The number of phenols is 1. The van der Waals surface area contributed by atoms with Gasteiger partial charge in [-0.25, -0.2) is 0 Å². The van der Waals surface area contributed by atoms with Crippen molar-refractivity contribution in [3.05, 3.63) is 28.8 Å². The second kappa shape index (κ2) is 11.2. The maximum Gasteiger partial charge on any atom is 0.193 e.